The van der Waals surface area contributed by atoms with Crippen LogP contribution in [0.3, 0.4) is 0 Å². The number of nitro benzene ring substituents is 1. The summed E-state index contributed by atoms with van der Waals surface area (Å²) in [6.45, 7) is 0. The summed E-state index contributed by atoms with van der Waals surface area (Å²) in [5.41, 5.74) is -5.49. The zero-order valence-electron chi connectivity index (χ0n) is 10.1. The van der Waals surface area contributed by atoms with Gasteiger partial charge in [0.15, 0.2) is 0 Å². The van der Waals surface area contributed by atoms with Crippen molar-refractivity contribution >= 4 is 54.1 Å². The monoisotopic (exact) mass is 435 g/mol. The van der Waals surface area contributed by atoms with E-state index in [1.165, 1.54) is 0 Å². The molecule has 0 fully saturated rings. The van der Waals surface area contributed by atoms with Gasteiger partial charge in [-0.05, 0) is 37.9 Å². The molecule has 0 saturated carbocycles. The van der Waals surface area contributed by atoms with Crippen LogP contribution in [0.15, 0.2) is 24.6 Å². The lowest BCUT2D eigenvalue weighted by atomic mass is 10.2. The van der Waals surface area contributed by atoms with Crippen molar-refractivity contribution in [2.75, 3.05) is 0 Å². The zero-order chi connectivity index (χ0) is 16.8. The number of nitro groups is 2. The van der Waals surface area contributed by atoms with E-state index in [-0.39, 0.29) is 14.5 Å². The number of aromatic amines is 1. The molecule has 0 bridgehead atoms. The highest BCUT2D eigenvalue weighted by Gasteiger charge is 2.30. The highest BCUT2D eigenvalue weighted by molar-refractivity contribution is 9.13. The van der Waals surface area contributed by atoms with Crippen LogP contribution in [0.4, 0.5) is 11.4 Å². The number of aromatic hydroxyl groups is 1. The van der Waals surface area contributed by atoms with Crippen molar-refractivity contribution in [3.05, 3.63) is 55.8 Å². The van der Waals surface area contributed by atoms with Crippen LogP contribution in [0.5, 0.6) is 5.75 Å². The van der Waals surface area contributed by atoms with Gasteiger partial charge in [0.1, 0.15) is 9.86 Å². The zero-order valence-corrected chi connectivity index (χ0v) is 13.3. The van der Waals surface area contributed by atoms with Crippen LogP contribution in [-0.2, 0) is 0 Å². The third-order valence-corrected chi connectivity index (χ3v) is 4.65. The summed E-state index contributed by atoms with van der Waals surface area (Å²) in [6.07, 6.45) is 0. The van der Waals surface area contributed by atoms with Gasteiger partial charge in [0.05, 0.1) is 15.4 Å². The lowest BCUT2D eigenvalue weighted by Gasteiger charge is -2.03. The Labute approximate surface area is 136 Å². The van der Waals surface area contributed by atoms with Gasteiger partial charge in [0, 0.05) is 4.47 Å². The van der Waals surface area contributed by atoms with E-state index in [1.54, 1.807) is 0 Å². The van der Waals surface area contributed by atoms with E-state index in [0.717, 1.165) is 6.07 Å². The standard InChI is InChI=1S/C10H3Br2N3O7/c11-2-1-3-4(6(5(2)12)14(19)20)8(16)7(15(21)22)9(17)10(18)13-3/h1,16H,(H,13,17,18). The largest absolute Gasteiger partial charge is 0.501 e. The number of nitrogens with zero attached hydrogens (tertiary/aromatic N) is 2. The van der Waals surface area contributed by atoms with E-state index >= 15 is 0 Å². The number of fused-ring (bicyclic) bond motifs is 1. The van der Waals surface area contributed by atoms with Crippen LogP contribution in [0.1, 0.15) is 0 Å². The Balaban J connectivity index is 3.34. The third kappa shape index (κ3) is 2.35. The maximum absolute atomic E-state index is 11.7. The number of hydrogen-bond donors (Lipinski definition) is 2. The second kappa shape index (κ2) is 5.46. The Kier molecular flexibility index (Phi) is 3.98. The molecule has 12 heteroatoms. The smallest absolute Gasteiger partial charge is 0.364 e. The van der Waals surface area contributed by atoms with Crippen molar-refractivity contribution in [1.82, 2.24) is 4.98 Å². The summed E-state index contributed by atoms with van der Waals surface area (Å²) in [5, 5.41) is 31.5. The molecule has 2 aromatic rings. The molecule has 0 aliphatic heterocycles. The van der Waals surface area contributed by atoms with Gasteiger partial charge >= 0.3 is 16.7 Å². The fourth-order valence-electron chi connectivity index (χ4n) is 1.80. The van der Waals surface area contributed by atoms with Gasteiger partial charge in [-0.15, -0.1) is 0 Å². The molecule has 2 rings (SSSR count). The first-order chi connectivity index (χ1) is 10.2. The molecule has 1 aromatic heterocycles. The lowest BCUT2D eigenvalue weighted by molar-refractivity contribution is -0.387. The number of H-pyrrole nitrogens is 1. The van der Waals surface area contributed by atoms with Crippen LogP contribution in [-0.4, -0.2) is 19.9 Å². The van der Waals surface area contributed by atoms with Crippen LogP contribution in [0.25, 0.3) is 10.9 Å². The molecule has 10 nitrogen and oxygen atoms in total. The Morgan fingerprint density at radius 1 is 1.09 bits per heavy atom. The molecule has 2 N–H and O–H groups in total. The molecule has 114 valence electrons. The topological polar surface area (TPSA) is 156 Å². The maximum atomic E-state index is 11.7. The van der Waals surface area contributed by atoms with Gasteiger partial charge in [-0.3, -0.25) is 29.8 Å². The Morgan fingerprint density at radius 2 is 1.64 bits per heavy atom. The molecule has 0 spiro atoms. The van der Waals surface area contributed by atoms with Crippen LogP contribution < -0.4 is 11.0 Å². The normalized spacial score (nSPS) is 10.6. The van der Waals surface area contributed by atoms with Gasteiger partial charge in [-0.2, -0.15) is 0 Å². The molecule has 0 aliphatic carbocycles. The van der Waals surface area contributed by atoms with Crippen molar-refractivity contribution in [2.24, 2.45) is 0 Å². The average Bonchev–Trinajstić information content (AvgIpc) is 2.48. The van der Waals surface area contributed by atoms with Gasteiger partial charge in [0.2, 0.25) is 5.75 Å². The summed E-state index contributed by atoms with van der Waals surface area (Å²) < 4.78 is 0.0251. The summed E-state index contributed by atoms with van der Waals surface area (Å²) >= 11 is 5.91. The van der Waals surface area contributed by atoms with E-state index in [9.17, 15) is 34.9 Å². The molecule has 0 amide bonds. The highest BCUT2D eigenvalue weighted by atomic mass is 79.9. The molecule has 0 unspecified atom stereocenters. The van der Waals surface area contributed by atoms with E-state index in [2.05, 4.69) is 31.9 Å². The van der Waals surface area contributed by atoms with Crippen LogP contribution in [0.2, 0.25) is 0 Å². The predicted molar refractivity (Wildman–Crippen MR) is 81.2 cm³/mol. The SMILES string of the molecule is O=c1[nH]c2cc(Br)c(Br)c([N+](=O)[O-])c2c(O)c([N+](=O)[O-])c1=O. The first-order valence-corrected chi connectivity index (χ1v) is 6.85. The molecule has 0 aliphatic rings. The predicted octanol–water partition coefficient (Wildman–Crippen LogP) is 1.94. The second-order valence-corrected chi connectivity index (χ2v) is 5.59. The lowest BCUT2D eigenvalue weighted by Crippen LogP contribution is -2.25. The minimum absolute atomic E-state index is 0.117. The molecule has 1 heterocycles. The molecule has 1 aromatic carbocycles. The minimum Gasteiger partial charge on any atom is -0.501 e. The van der Waals surface area contributed by atoms with Crippen LogP contribution in [0, 0.1) is 20.2 Å². The summed E-state index contributed by atoms with van der Waals surface area (Å²) in [5.74, 6) is -1.26. The third-order valence-electron chi connectivity index (χ3n) is 2.69. The number of halogens is 2. The Hall–Kier alpha value is -2.34. The van der Waals surface area contributed by atoms with E-state index in [4.69, 9.17) is 0 Å². The number of rotatable bonds is 2. The summed E-state index contributed by atoms with van der Waals surface area (Å²) in [4.78, 5) is 45.2. The van der Waals surface area contributed by atoms with Crippen molar-refractivity contribution in [3.8, 4) is 5.75 Å². The number of hydrogen-bond acceptors (Lipinski definition) is 7. The number of aromatic nitrogens is 1. The van der Waals surface area contributed by atoms with E-state index < -0.39 is 43.3 Å². The fourth-order valence-corrected chi connectivity index (χ4v) is 2.68. The van der Waals surface area contributed by atoms with Crippen molar-refractivity contribution in [2.45, 2.75) is 0 Å². The van der Waals surface area contributed by atoms with Gasteiger partial charge in [-0.25, -0.2) is 0 Å². The van der Waals surface area contributed by atoms with Gasteiger partial charge in [0.25, 0.3) is 5.69 Å². The van der Waals surface area contributed by atoms with E-state index in [1.807, 2.05) is 4.98 Å². The van der Waals surface area contributed by atoms with Crippen molar-refractivity contribution in [1.29, 1.82) is 0 Å². The second-order valence-electron chi connectivity index (χ2n) is 3.94. The van der Waals surface area contributed by atoms with Crippen molar-refractivity contribution in [3.63, 3.8) is 0 Å². The molecule has 0 atom stereocenters. The highest BCUT2D eigenvalue weighted by Crippen LogP contribution is 2.43. The van der Waals surface area contributed by atoms with Crippen LogP contribution >= 0.6 is 31.9 Å². The number of benzene rings is 1. The fraction of sp³-hybridized carbons (Fsp3) is 0. The Morgan fingerprint density at radius 3 is 2.14 bits per heavy atom. The quantitative estimate of drug-likeness (QED) is 0.413. The molecular weight excluding hydrogens is 434 g/mol. The first-order valence-electron chi connectivity index (χ1n) is 5.26. The summed E-state index contributed by atoms with van der Waals surface area (Å²) in [6, 6.07) is 1.16. The van der Waals surface area contributed by atoms with Crippen molar-refractivity contribution < 1.29 is 15.0 Å². The van der Waals surface area contributed by atoms with Gasteiger partial charge < -0.3 is 10.1 Å². The first kappa shape index (κ1) is 16.0. The molecule has 0 radical (unpaired) electrons. The molecular formula is C10H3Br2N3O7. The maximum Gasteiger partial charge on any atom is 0.364 e. The number of nitrogens with one attached hydrogen (secondary N) is 1. The van der Waals surface area contributed by atoms with E-state index in [0.29, 0.717) is 0 Å². The summed E-state index contributed by atoms with van der Waals surface area (Å²) in [7, 11) is 0. The average molecular weight is 437 g/mol. The molecule has 0 saturated heterocycles. The van der Waals surface area contributed by atoms with Gasteiger partial charge in [-0.1, -0.05) is 0 Å². The molecule has 22 heavy (non-hydrogen) atoms. The Bertz CT molecular complexity index is 969. The minimum atomic E-state index is -1.61.